The van der Waals surface area contributed by atoms with E-state index in [1.165, 1.54) is 6.04 Å². The molecule has 0 N–H and O–H groups in total. The fourth-order valence-corrected chi connectivity index (χ4v) is 2.94. The lowest BCUT2D eigenvalue weighted by molar-refractivity contribution is 0.0814. The van der Waals surface area contributed by atoms with Crippen LogP contribution in [0.2, 0.25) is 25.7 Å². The number of rotatable bonds is 5. The Bertz CT molecular complexity index is 537. The maximum absolute atomic E-state index is 5.69. The molecule has 0 aliphatic rings. The summed E-state index contributed by atoms with van der Waals surface area (Å²) in [5, 5.41) is 4.41. The highest BCUT2D eigenvalue weighted by molar-refractivity contribution is 14.1. The minimum atomic E-state index is -1.02. The second-order valence-electron chi connectivity index (χ2n) is 5.39. The van der Waals surface area contributed by atoms with Gasteiger partial charge in [-0.3, -0.25) is 0 Å². The van der Waals surface area contributed by atoms with Crippen LogP contribution in [0, 0.1) is 3.70 Å². The third-order valence-electron chi connectivity index (χ3n) is 2.58. The first-order valence-electron chi connectivity index (χ1n) is 5.87. The third-order valence-corrected chi connectivity index (χ3v) is 5.02. The molecule has 0 saturated carbocycles. The molecule has 0 unspecified atom stereocenters. The molecular formula is C11H17IN4OSi. The lowest BCUT2D eigenvalue weighted by Gasteiger charge is -2.15. The van der Waals surface area contributed by atoms with Gasteiger partial charge in [-0.25, -0.2) is 14.6 Å². The number of fused-ring (bicyclic) bond motifs is 1. The summed E-state index contributed by atoms with van der Waals surface area (Å²) in [4.78, 5) is 8.25. The lowest BCUT2D eigenvalue weighted by Crippen LogP contribution is -2.22. The van der Waals surface area contributed by atoms with Crippen molar-refractivity contribution in [2.75, 3.05) is 6.61 Å². The Hall–Kier alpha value is -0.543. The van der Waals surface area contributed by atoms with Crippen LogP contribution in [-0.2, 0) is 11.5 Å². The first-order chi connectivity index (χ1) is 8.47. The molecule has 2 aromatic rings. The normalized spacial score (nSPS) is 12.2. The molecule has 0 bridgehead atoms. The van der Waals surface area contributed by atoms with Gasteiger partial charge >= 0.3 is 0 Å². The van der Waals surface area contributed by atoms with Crippen molar-refractivity contribution in [1.29, 1.82) is 0 Å². The number of aromatic nitrogens is 4. The Morgan fingerprint density at radius 3 is 2.89 bits per heavy atom. The summed E-state index contributed by atoms with van der Waals surface area (Å²) < 4.78 is 8.40. The van der Waals surface area contributed by atoms with Crippen molar-refractivity contribution in [1.82, 2.24) is 19.7 Å². The van der Waals surface area contributed by atoms with Gasteiger partial charge in [0, 0.05) is 14.7 Å². The van der Waals surface area contributed by atoms with E-state index in [9.17, 15) is 0 Å². The number of nitrogens with zero attached hydrogens (tertiary/aromatic N) is 4. The second-order valence-corrected chi connectivity index (χ2v) is 12.0. The molecule has 0 saturated heterocycles. The van der Waals surface area contributed by atoms with Crippen molar-refractivity contribution < 1.29 is 4.74 Å². The van der Waals surface area contributed by atoms with Gasteiger partial charge in [-0.2, -0.15) is 5.10 Å². The highest BCUT2D eigenvalue weighted by atomic mass is 127. The summed E-state index contributed by atoms with van der Waals surface area (Å²) in [7, 11) is -1.02. The molecule has 2 rings (SSSR count). The number of hydrogen-bond donors (Lipinski definition) is 0. The van der Waals surface area contributed by atoms with E-state index in [0.717, 1.165) is 21.3 Å². The molecule has 0 aromatic carbocycles. The zero-order valence-corrected chi connectivity index (χ0v) is 14.0. The van der Waals surface area contributed by atoms with E-state index in [0.29, 0.717) is 6.73 Å². The van der Waals surface area contributed by atoms with Gasteiger partial charge in [0.05, 0.1) is 6.20 Å². The SMILES string of the molecule is C[Si](C)(C)CCOCn1nc(I)c2ncncc21. The largest absolute Gasteiger partial charge is 0.360 e. The van der Waals surface area contributed by atoms with E-state index >= 15 is 0 Å². The van der Waals surface area contributed by atoms with Crippen molar-refractivity contribution in [2.45, 2.75) is 32.4 Å². The molecule has 0 atom stereocenters. The van der Waals surface area contributed by atoms with E-state index in [-0.39, 0.29) is 0 Å². The third kappa shape index (κ3) is 3.48. The van der Waals surface area contributed by atoms with Crippen LogP contribution in [-0.4, -0.2) is 34.4 Å². The fraction of sp³-hybridized carbons (Fsp3) is 0.545. The summed E-state index contributed by atoms with van der Waals surface area (Å²) >= 11 is 2.18. The molecule has 0 aliphatic carbocycles. The van der Waals surface area contributed by atoms with Gasteiger partial charge in [0.25, 0.3) is 0 Å². The topological polar surface area (TPSA) is 52.8 Å². The fourth-order valence-electron chi connectivity index (χ4n) is 1.51. The molecule has 0 aliphatic heterocycles. The second kappa shape index (κ2) is 5.62. The quantitative estimate of drug-likeness (QED) is 0.458. The van der Waals surface area contributed by atoms with E-state index in [4.69, 9.17) is 4.74 Å². The first kappa shape index (κ1) is 13.9. The van der Waals surface area contributed by atoms with Crippen molar-refractivity contribution in [3.05, 3.63) is 16.2 Å². The molecular weight excluding hydrogens is 359 g/mol. The van der Waals surface area contributed by atoms with Crippen molar-refractivity contribution >= 4 is 41.7 Å². The average Bonchev–Trinajstić information content (AvgIpc) is 2.62. The highest BCUT2D eigenvalue weighted by Crippen LogP contribution is 2.16. The van der Waals surface area contributed by atoms with Crippen molar-refractivity contribution in [2.24, 2.45) is 0 Å². The van der Waals surface area contributed by atoms with Crippen LogP contribution in [0.25, 0.3) is 11.0 Å². The number of ether oxygens (including phenoxy) is 1. The molecule has 2 aromatic heterocycles. The van der Waals surface area contributed by atoms with Crippen LogP contribution >= 0.6 is 22.6 Å². The first-order valence-corrected chi connectivity index (χ1v) is 10.7. The predicted octanol–water partition coefficient (Wildman–Crippen LogP) is 2.74. The monoisotopic (exact) mass is 376 g/mol. The van der Waals surface area contributed by atoms with Crippen LogP contribution in [0.3, 0.4) is 0 Å². The Kier molecular flexibility index (Phi) is 4.33. The van der Waals surface area contributed by atoms with E-state index in [2.05, 4.69) is 57.3 Å². The summed E-state index contributed by atoms with van der Waals surface area (Å²) in [5.74, 6) is 0. The number of hydrogen-bond acceptors (Lipinski definition) is 4. The highest BCUT2D eigenvalue weighted by Gasteiger charge is 2.13. The standard InChI is InChI=1S/C11H17IN4OSi/c1-18(2,3)5-4-17-8-16-9-6-13-7-14-10(9)11(12)15-16/h6-7H,4-5,8H2,1-3H3. The van der Waals surface area contributed by atoms with Crippen LogP contribution in [0.4, 0.5) is 0 Å². The Morgan fingerprint density at radius 2 is 2.17 bits per heavy atom. The van der Waals surface area contributed by atoms with Gasteiger partial charge in [-0.15, -0.1) is 0 Å². The van der Waals surface area contributed by atoms with E-state index in [1.807, 2.05) is 4.68 Å². The summed E-state index contributed by atoms with van der Waals surface area (Å²) in [6, 6.07) is 1.17. The van der Waals surface area contributed by atoms with Crippen LogP contribution in [0.5, 0.6) is 0 Å². The molecule has 0 amide bonds. The van der Waals surface area contributed by atoms with Gasteiger partial charge < -0.3 is 4.74 Å². The van der Waals surface area contributed by atoms with Gasteiger partial charge in [0.2, 0.25) is 0 Å². The van der Waals surface area contributed by atoms with Crippen molar-refractivity contribution in [3.8, 4) is 0 Å². The maximum Gasteiger partial charge on any atom is 0.149 e. The molecule has 5 nitrogen and oxygen atoms in total. The van der Waals surface area contributed by atoms with Crippen molar-refractivity contribution in [3.63, 3.8) is 0 Å². The van der Waals surface area contributed by atoms with Gasteiger partial charge in [-0.1, -0.05) is 19.6 Å². The van der Waals surface area contributed by atoms with Crippen LogP contribution in [0.1, 0.15) is 0 Å². The smallest absolute Gasteiger partial charge is 0.149 e. The summed E-state index contributed by atoms with van der Waals surface area (Å²) in [6.07, 6.45) is 3.32. The lowest BCUT2D eigenvalue weighted by atomic mass is 10.5. The molecule has 0 radical (unpaired) electrons. The zero-order chi connectivity index (χ0) is 13.2. The zero-order valence-electron chi connectivity index (χ0n) is 10.9. The Morgan fingerprint density at radius 1 is 1.39 bits per heavy atom. The van der Waals surface area contributed by atoms with Crippen LogP contribution < -0.4 is 0 Å². The maximum atomic E-state index is 5.69. The average molecular weight is 376 g/mol. The Balaban J connectivity index is 2.00. The van der Waals surface area contributed by atoms with E-state index < -0.39 is 8.07 Å². The van der Waals surface area contributed by atoms with Crippen LogP contribution in [0.15, 0.2) is 12.5 Å². The molecule has 0 spiro atoms. The minimum absolute atomic E-state index is 0.470. The van der Waals surface area contributed by atoms with Gasteiger partial charge in [0.1, 0.15) is 27.8 Å². The molecule has 18 heavy (non-hydrogen) atoms. The molecule has 0 fully saturated rings. The number of halogens is 1. The minimum Gasteiger partial charge on any atom is -0.360 e. The summed E-state index contributed by atoms with van der Waals surface area (Å²) in [6.45, 7) is 8.29. The molecule has 98 valence electrons. The van der Waals surface area contributed by atoms with Gasteiger partial charge in [0.15, 0.2) is 0 Å². The van der Waals surface area contributed by atoms with E-state index in [1.54, 1.807) is 12.5 Å². The predicted molar refractivity (Wildman–Crippen MR) is 82.1 cm³/mol. The molecule has 2 heterocycles. The summed E-state index contributed by atoms with van der Waals surface area (Å²) in [5.41, 5.74) is 1.81. The molecule has 7 heteroatoms. The Labute approximate surface area is 121 Å². The van der Waals surface area contributed by atoms with Gasteiger partial charge in [-0.05, 0) is 28.6 Å².